The lowest BCUT2D eigenvalue weighted by Gasteiger charge is -2.32. The van der Waals surface area contributed by atoms with Gasteiger partial charge in [0.15, 0.2) is 0 Å². The van der Waals surface area contributed by atoms with Gasteiger partial charge in [-0.05, 0) is 78.6 Å². The van der Waals surface area contributed by atoms with E-state index >= 15 is 0 Å². The molecule has 0 bridgehead atoms. The molecule has 1 aromatic rings. The summed E-state index contributed by atoms with van der Waals surface area (Å²) in [5, 5.41) is 0. The SMILES string of the molecule is CC(C)(C)OC(=O)N1CC=C(B2OC(C)(C)C(C)(C)O2)CC1.COc1cc(Br)ccc1N. The van der Waals surface area contributed by atoms with Crippen molar-refractivity contribution in [3.05, 3.63) is 34.2 Å². The smallest absolute Gasteiger partial charge is 0.490 e. The van der Waals surface area contributed by atoms with Crippen molar-refractivity contribution in [3.63, 3.8) is 0 Å². The minimum Gasteiger partial charge on any atom is -0.495 e. The van der Waals surface area contributed by atoms with Gasteiger partial charge in [-0.1, -0.05) is 22.0 Å². The second-order valence-corrected chi connectivity index (χ2v) is 10.8. The van der Waals surface area contributed by atoms with Gasteiger partial charge >= 0.3 is 13.2 Å². The van der Waals surface area contributed by atoms with Gasteiger partial charge in [0.05, 0.1) is 24.0 Å². The number of nitrogen functional groups attached to an aromatic ring is 1. The van der Waals surface area contributed by atoms with E-state index in [4.69, 9.17) is 24.5 Å². The predicted octanol–water partition coefficient (Wildman–Crippen LogP) is 5.22. The van der Waals surface area contributed by atoms with Crippen LogP contribution in [0.25, 0.3) is 0 Å². The van der Waals surface area contributed by atoms with Crippen molar-refractivity contribution in [3.8, 4) is 5.75 Å². The fraction of sp³-hybridized carbons (Fsp3) is 0.609. The third kappa shape index (κ3) is 6.89. The number of halogens is 1. The number of amides is 1. The minimum atomic E-state index is -0.465. The van der Waals surface area contributed by atoms with Gasteiger partial charge in [0.25, 0.3) is 0 Å². The molecular formula is C23H36BBrN2O5. The third-order valence-corrected chi connectivity index (χ3v) is 6.14. The molecule has 0 atom stereocenters. The van der Waals surface area contributed by atoms with Gasteiger partial charge in [0.2, 0.25) is 0 Å². The molecule has 2 heterocycles. The molecule has 1 saturated heterocycles. The molecule has 2 aliphatic rings. The number of nitrogens with two attached hydrogens (primary N) is 1. The van der Waals surface area contributed by atoms with Crippen LogP contribution in [0.2, 0.25) is 0 Å². The molecule has 0 aromatic heterocycles. The Labute approximate surface area is 200 Å². The van der Waals surface area contributed by atoms with Crippen LogP contribution in [0.5, 0.6) is 5.75 Å². The van der Waals surface area contributed by atoms with Crippen LogP contribution in [0, 0.1) is 0 Å². The topological polar surface area (TPSA) is 83.2 Å². The van der Waals surface area contributed by atoms with E-state index in [0.717, 1.165) is 16.4 Å². The van der Waals surface area contributed by atoms with E-state index in [0.29, 0.717) is 24.5 Å². The molecule has 0 saturated carbocycles. The molecule has 1 fully saturated rings. The highest BCUT2D eigenvalue weighted by Crippen LogP contribution is 2.39. The molecule has 7 nitrogen and oxygen atoms in total. The van der Waals surface area contributed by atoms with E-state index in [9.17, 15) is 4.79 Å². The number of hydrogen-bond donors (Lipinski definition) is 1. The summed E-state index contributed by atoms with van der Waals surface area (Å²) in [5.74, 6) is 0.703. The number of ether oxygens (including phenoxy) is 2. The number of carbonyl (C=O) groups is 1. The molecule has 178 valence electrons. The number of hydrogen-bond acceptors (Lipinski definition) is 6. The fourth-order valence-corrected chi connectivity index (χ4v) is 3.41. The Kier molecular flexibility index (Phi) is 8.34. The van der Waals surface area contributed by atoms with Gasteiger partial charge in [-0.3, -0.25) is 0 Å². The summed E-state index contributed by atoms with van der Waals surface area (Å²) >= 11 is 3.30. The third-order valence-electron chi connectivity index (χ3n) is 5.65. The average Bonchev–Trinajstić information content (AvgIpc) is 2.90. The Morgan fingerprint density at radius 1 is 1.19 bits per heavy atom. The van der Waals surface area contributed by atoms with Gasteiger partial charge in [0, 0.05) is 17.6 Å². The van der Waals surface area contributed by atoms with Crippen LogP contribution in [-0.2, 0) is 14.0 Å². The molecular weight excluding hydrogens is 475 g/mol. The highest BCUT2D eigenvalue weighted by Gasteiger charge is 2.52. The lowest BCUT2D eigenvalue weighted by Crippen LogP contribution is -2.41. The normalized spacial score (nSPS) is 19.6. The predicted molar refractivity (Wildman–Crippen MR) is 132 cm³/mol. The first kappa shape index (κ1) is 26.5. The number of anilines is 1. The molecule has 2 N–H and O–H groups in total. The molecule has 0 aliphatic carbocycles. The van der Waals surface area contributed by atoms with Crippen LogP contribution in [0.15, 0.2) is 34.2 Å². The zero-order valence-electron chi connectivity index (χ0n) is 20.5. The van der Waals surface area contributed by atoms with Crippen molar-refractivity contribution < 1.29 is 23.6 Å². The van der Waals surface area contributed by atoms with E-state index in [-0.39, 0.29) is 24.4 Å². The van der Waals surface area contributed by atoms with E-state index in [1.165, 1.54) is 0 Å². The first-order valence-corrected chi connectivity index (χ1v) is 11.6. The summed E-state index contributed by atoms with van der Waals surface area (Å²) in [7, 11) is 1.28. The van der Waals surface area contributed by atoms with Crippen LogP contribution in [0.3, 0.4) is 0 Å². The first-order valence-electron chi connectivity index (χ1n) is 10.8. The largest absolute Gasteiger partial charge is 0.495 e. The lowest BCUT2D eigenvalue weighted by molar-refractivity contribution is 0.00578. The summed E-state index contributed by atoms with van der Waals surface area (Å²) in [4.78, 5) is 13.8. The second-order valence-electron chi connectivity index (χ2n) is 9.93. The van der Waals surface area contributed by atoms with Crippen LogP contribution in [0.4, 0.5) is 10.5 Å². The van der Waals surface area contributed by atoms with Crippen LogP contribution in [-0.4, -0.2) is 55.1 Å². The summed E-state index contributed by atoms with van der Waals surface area (Å²) in [6, 6.07) is 5.50. The van der Waals surface area contributed by atoms with Crippen LogP contribution in [0.1, 0.15) is 54.9 Å². The first-order chi connectivity index (χ1) is 14.6. The zero-order valence-corrected chi connectivity index (χ0v) is 22.0. The van der Waals surface area contributed by atoms with E-state index in [2.05, 4.69) is 15.9 Å². The Balaban J connectivity index is 0.000000303. The van der Waals surface area contributed by atoms with Gasteiger partial charge in [0.1, 0.15) is 11.4 Å². The molecule has 1 amide bonds. The minimum absolute atomic E-state index is 0.267. The fourth-order valence-electron chi connectivity index (χ4n) is 3.07. The van der Waals surface area contributed by atoms with E-state index < -0.39 is 5.60 Å². The maximum absolute atomic E-state index is 12.1. The number of rotatable bonds is 2. The molecule has 9 heteroatoms. The molecule has 0 spiro atoms. The monoisotopic (exact) mass is 510 g/mol. The Morgan fingerprint density at radius 3 is 2.22 bits per heavy atom. The van der Waals surface area contributed by atoms with E-state index in [1.54, 1.807) is 18.1 Å². The second kappa shape index (κ2) is 10.1. The molecule has 2 aliphatic heterocycles. The van der Waals surface area contributed by atoms with Gasteiger partial charge in [-0.25, -0.2) is 4.79 Å². The Hall–Kier alpha value is -1.71. The van der Waals surface area contributed by atoms with Crippen molar-refractivity contribution in [2.45, 2.75) is 71.7 Å². The van der Waals surface area contributed by atoms with Gasteiger partial charge in [-0.15, -0.1) is 0 Å². The highest BCUT2D eigenvalue weighted by molar-refractivity contribution is 9.10. The lowest BCUT2D eigenvalue weighted by atomic mass is 9.75. The van der Waals surface area contributed by atoms with Crippen LogP contribution < -0.4 is 10.5 Å². The summed E-state index contributed by atoms with van der Waals surface area (Å²) in [5.41, 5.74) is 6.19. The number of benzene rings is 1. The summed E-state index contributed by atoms with van der Waals surface area (Å²) < 4.78 is 23.5. The van der Waals surface area contributed by atoms with Crippen molar-refractivity contribution >= 4 is 34.8 Å². The molecule has 1 aromatic carbocycles. The molecule has 32 heavy (non-hydrogen) atoms. The molecule has 0 radical (unpaired) electrons. The molecule has 0 unspecified atom stereocenters. The highest BCUT2D eigenvalue weighted by atomic mass is 79.9. The van der Waals surface area contributed by atoms with Crippen molar-refractivity contribution in [2.75, 3.05) is 25.9 Å². The molecule has 3 rings (SSSR count). The Bertz CT molecular complexity index is 835. The van der Waals surface area contributed by atoms with Gasteiger partial charge in [-0.2, -0.15) is 0 Å². The number of nitrogens with zero attached hydrogens (tertiary/aromatic N) is 1. The maximum atomic E-state index is 12.1. The zero-order chi connectivity index (χ0) is 24.3. The summed E-state index contributed by atoms with van der Waals surface area (Å²) in [6.07, 6.45) is 2.50. The number of carbonyl (C=O) groups excluding carboxylic acids is 1. The van der Waals surface area contributed by atoms with Crippen molar-refractivity contribution in [1.82, 2.24) is 4.90 Å². The van der Waals surface area contributed by atoms with Crippen LogP contribution >= 0.6 is 15.9 Å². The quantitative estimate of drug-likeness (QED) is 0.433. The standard InChI is InChI=1S/C16H28BNO4.C7H8BrNO/c1-14(2,3)20-13(19)18-10-8-12(9-11-18)17-21-15(4,5)16(6,7)22-17;1-10-7-4-5(8)2-3-6(7)9/h8H,9-11H2,1-7H3;2-4H,9H2,1H3. The Morgan fingerprint density at radius 2 is 1.78 bits per heavy atom. The van der Waals surface area contributed by atoms with Gasteiger partial charge < -0.3 is 29.4 Å². The van der Waals surface area contributed by atoms with E-state index in [1.807, 2.05) is 66.7 Å². The maximum Gasteiger partial charge on any atom is 0.490 e. The van der Waals surface area contributed by atoms with Crippen molar-refractivity contribution in [1.29, 1.82) is 0 Å². The number of methoxy groups -OCH3 is 1. The summed E-state index contributed by atoms with van der Waals surface area (Å²) in [6.45, 7) is 15.0. The average molecular weight is 511 g/mol. The van der Waals surface area contributed by atoms with Crippen molar-refractivity contribution in [2.24, 2.45) is 0 Å².